The highest BCUT2D eigenvalue weighted by Crippen LogP contribution is 2.22. The number of aromatic nitrogens is 1. The van der Waals surface area contributed by atoms with Crippen LogP contribution in [0.5, 0.6) is 0 Å². The van der Waals surface area contributed by atoms with E-state index < -0.39 is 9.84 Å². The molecule has 0 amide bonds. The molecule has 0 fully saturated rings. The molecule has 0 aliphatic heterocycles. The van der Waals surface area contributed by atoms with Crippen LogP contribution in [0.15, 0.2) is 29.3 Å². The molecule has 1 aromatic carbocycles. The summed E-state index contributed by atoms with van der Waals surface area (Å²) in [5.74, 6) is 0.965. The Bertz CT molecular complexity index is 920. The van der Waals surface area contributed by atoms with Gasteiger partial charge in [-0.15, -0.1) is 24.0 Å². The summed E-state index contributed by atoms with van der Waals surface area (Å²) in [6.45, 7) is 10.4. The number of nitrogens with zero attached hydrogens (tertiary/aromatic N) is 1. The standard InChI is InChI=1S/C21H34N4O2S.HI/c1-6-22-20(24-15-21(3,4)12-14-28(5,26)27)23-13-11-17-16(2)25-19-10-8-7-9-18(17)19;/h7-10,25H,6,11-15H2,1-5H3,(H2,22,23,24);1H. The molecule has 0 aliphatic rings. The molecular weight excluding hydrogens is 499 g/mol. The number of aliphatic imine (C=N–C) groups is 1. The van der Waals surface area contributed by atoms with Crippen molar-refractivity contribution in [2.75, 3.05) is 31.6 Å². The highest BCUT2D eigenvalue weighted by molar-refractivity contribution is 14.0. The second kappa shape index (κ2) is 11.2. The first-order valence-corrected chi connectivity index (χ1v) is 11.9. The predicted molar refractivity (Wildman–Crippen MR) is 134 cm³/mol. The number of hydrogen-bond acceptors (Lipinski definition) is 3. The van der Waals surface area contributed by atoms with Gasteiger partial charge in [0.25, 0.3) is 0 Å². The summed E-state index contributed by atoms with van der Waals surface area (Å²) >= 11 is 0. The Labute approximate surface area is 192 Å². The van der Waals surface area contributed by atoms with E-state index in [4.69, 9.17) is 0 Å². The van der Waals surface area contributed by atoms with Crippen LogP contribution in [0, 0.1) is 12.3 Å². The molecule has 0 aliphatic carbocycles. The van der Waals surface area contributed by atoms with Crippen LogP contribution in [-0.2, 0) is 16.3 Å². The lowest BCUT2D eigenvalue weighted by Gasteiger charge is -2.22. The van der Waals surface area contributed by atoms with Gasteiger partial charge in [-0.25, -0.2) is 8.42 Å². The number of rotatable bonds is 9. The summed E-state index contributed by atoms with van der Waals surface area (Å²) in [6, 6.07) is 8.36. The molecule has 2 aromatic rings. The SMILES string of the molecule is CCNC(=NCC(C)(C)CCS(C)(=O)=O)NCCc1c(C)[nH]c2ccccc12.I. The summed E-state index contributed by atoms with van der Waals surface area (Å²) in [5.41, 5.74) is 3.53. The maximum absolute atomic E-state index is 11.4. The number of H-pyrrole nitrogens is 1. The smallest absolute Gasteiger partial charge is 0.191 e. The molecule has 0 atom stereocenters. The molecule has 1 heterocycles. The van der Waals surface area contributed by atoms with Crippen LogP contribution in [0.2, 0.25) is 0 Å². The van der Waals surface area contributed by atoms with E-state index in [1.54, 1.807) is 0 Å². The maximum Gasteiger partial charge on any atom is 0.191 e. The molecule has 164 valence electrons. The minimum absolute atomic E-state index is 0. The molecule has 0 unspecified atom stereocenters. The van der Waals surface area contributed by atoms with Crippen molar-refractivity contribution in [3.8, 4) is 0 Å². The minimum Gasteiger partial charge on any atom is -0.358 e. The lowest BCUT2D eigenvalue weighted by Crippen LogP contribution is -2.39. The van der Waals surface area contributed by atoms with Crippen LogP contribution in [-0.4, -0.2) is 51.0 Å². The Kier molecular flexibility index (Phi) is 9.94. The fraction of sp³-hybridized carbons (Fsp3) is 0.571. The molecule has 3 N–H and O–H groups in total. The zero-order valence-corrected chi connectivity index (χ0v) is 21.3. The van der Waals surface area contributed by atoms with Crippen molar-refractivity contribution >= 4 is 50.7 Å². The van der Waals surface area contributed by atoms with E-state index in [2.05, 4.69) is 59.6 Å². The highest BCUT2D eigenvalue weighted by Gasteiger charge is 2.20. The van der Waals surface area contributed by atoms with Gasteiger partial charge in [0.05, 0.1) is 5.75 Å². The number of aryl methyl sites for hydroxylation is 1. The molecule has 29 heavy (non-hydrogen) atoms. The van der Waals surface area contributed by atoms with Gasteiger partial charge in [0.1, 0.15) is 9.84 Å². The summed E-state index contributed by atoms with van der Waals surface area (Å²) in [6.07, 6.45) is 2.78. The van der Waals surface area contributed by atoms with Crippen molar-refractivity contribution in [3.05, 3.63) is 35.5 Å². The zero-order valence-electron chi connectivity index (χ0n) is 18.1. The third-order valence-electron chi connectivity index (χ3n) is 4.85. The quantitative estimate of drug-likeness (QED) is 0.261. The predicted octanol–water partition coefficient (Wildman–Crippen LogP) is 3.65. The lowest BCUT2D eigenvalue weighted by molar-refractivity contribution is 0.365. The second-order valence-corrected chi connectivity index (χ2v) is 10.4. The van der Waals surface area contributed by atoms with Gasteiger partial charge in [-0.05, 0) is 43.7 Å². The molecular formula is C21H35IN4O2S. The Balaban J connectivity index is 0.00000420. The largest absolute Gasteiger partial charge is 0.358 e. The average Bonchev–Trinajstić information content (AvgIpc) is 2.93. The maximum atomic E-state index is 11.4. The molecule has 0 radical (unpaired) electrons. The van der Waals surface area contributed by atoms with E-state index >= 15 is 0 Å². The molecule has 8 heteroatoms. The monoisotopic (exact) mass is 534 g/mol. The molecule has 1 aromatic heterocycles. The van der Waals surface area contributed by atoms with E-state index in [9.17, 15) is 8.42 Å². The van der Waals surface area contributed by atoms with E-state index in [1.165, 1.54) is 28.4 Å². The number of fused-ring (bicyclic) bond motifs is 1. The number of hydrogen-bond donors (Lipinski definition) is 3. The van der Waals surface area contributed by atoms with Gasteiger partial charge >= 0.3 is 0 Å². The number of sulfone groups is 1. The van der Waals surface area contributed by atoms with E-state index in [1.807, 2.05) is 13.0 Å². The third kappa shape index (κ3) is 8.54. The Morgan fingerprint density at radius 1 is 1.21 bits per heavy atom. The van der Waals surface area contributed by atoms with Gasteiger partial charge in [0.15, 0.2) is 5.96 Å². The number of halogens is 1. The van der Waals surface area contributed by atoms with Gasteiger partial charge in [0, 0.05) is 42.5 Å². The number of aromatic amines is 1. The van der Waals surface area contributed by atoms with Gasteiger partial charge in [-0.3, -0.25) is 4.99 Å². The first-order valence-electron chi connectivity index (χ1n) is 9.87. The summed E-state index contributed by atoms with van der Waals surface area (Å²) in [7, 11) is -2.95. The summed E-state index contributed by atoms with van der Waals surface area (Å²) in [5, 5.41) is 7.94. The topological polar surface area (TPSA) is 86.3 Å². The lowest BCUT2D eigenvalue weighted by atomic mass is 9.90. The van der Waals surface area contributed by atoms with Gasteiger partial charge in [-0.1, -0.05) is 32.0 Å². The number of para-hydroxylation sites is 1. The van der Waals surface area contributed by atoms with Crippen molar-refractivity contribution in [1.29, 1.82) is 0 Å². The minimum atomic E-state index is -2.95. The van der Waals surface area contributed by atoms with E-state index in [0.29, 0.717) is 13.0 Å². The third-order valence-corrected chi connectivity index (χ3v) is 5.80. The van der Waals surface area contributed by atoms with Crippen molar-refractivity contribution in [3.63, 3.8) is 0 Å². The van der Waals surface area contributed by atoms with Crippen LogP contribution in [0.3, 0.4) is 0 Å². The average molecular weight is 535 g/mol. The summed E-state index contributed by atoms with van der Waals surface area (Å²) < 4.78 is 22.9. The fourth-order valence-corrected chi connectivity index (χ4v) is 4.06. The number of guanidine groups is 1. The molecule has 0 saturated carbocycles. The molecule has 0 saturated heterocycles. The van der Waals surface area contributed by atoms with E-state index in [-0.39, 0.29) is 35.1 Å². The highest BCUT2D eigenvalue weighted by atomic mass is 127. The summed E-state index contributed by atoms with van der Waals surface area (Å²) in [4.78, 5) is 8.12. The van der Waals surface area contributed by atoms with Crippen molar-refractivity contribution < 1.29 is 8.42 Å². The Morgan fingerprint density at radius 2 is 1.90 bits per heavy atom. The molecule has 2 rings (SSSR count). The normalized spacial score (nSPS) is 12.7. The van der Waals surface area contributed by atoms with Crippen molar-refractivity contribution in [2.45, 2.75) is 40.5 Å². The van der Waals surface area contributed by atoms with Crippen LogP contribution in [0.4, 0.5) is 0 Å². The van der Waals surface area contributed by atoms with Gasteiger partial charge in [-0.2, -0.15) is 0 Å². The van der Waals surface area contributed by atoms with Gasteiger partial charge < -0.3 is 15.6 Å². The van der Waals surface area contributed by atoms with Crippen LogP contribution < -0.4 is 10.6 Å². The van der Waals surface area contributed by atoms with Crippen LogP contribution >= 0.6 is 24.0 Å². The van der Waals surface area contributed by atoms with Crippen molar-refractivity contribution in [1.82, 2.24) is 15.6 Å². The first-order chi connectivity index (χ1) is 13.1. The van der Waals surface area contributed by atoms with Crippen molar-refractivity contribution in [2.24, 2.45) is 10.4 Å². The first kappa shape index (κ1) is 25.7. The molecule has 0 spiro atoms. The van der Waals surface area contributed by atoms with Gasteiger partial charge in [0.2, 0.25) is 0 Å². The second-order valence-electron chi connectivity index (χ2n) is 8.19. The fourth-order valence-electron chi connectivity index (χ4n) is 3.14. The van der Waals surface area contributed by atoms with E-state index in [0.717, 1.165) is 25.5 Å². The Morgan fingerprint density at radius 3 is 2.55 bits per heavy atom. The Hall–Kier alpha value is -1.29. The number of benzene rings is 1. The number of nitrogens with one attached hydrogen (secondary N) is 3. The zero-order chi connectivity index (χ0) is 20.8. The molecule has 0 bridgehead atoms. The van der Waals surface area contributed by atoms with Crippen LogP contribution in [0.1, 0.15) is 38.4 Å². The molecule has 6 nitrogen and oxygen atoms in total. The van der Waals surface area contributed by atoms with Crippen LogP contribution in [0.25, 0.3) is 10.9 Å².